The third kappa shape index (κ3) is 3.39. The molecule has 6 heteroatoms. The van der Waals surface area contributed by atoms with Crippen LogP contribution in [0.2, 0.25) is 0 Å². The van der Waals surface area contributed by atoms with Crippen LogP contribution in [0.25, 0.3) is 0 Å². The lowest BCUT2D eigenvalue weighted by molar-refractivity contribution is -0.131. The quantitative estimate of drug-likeness (QED) is 0.894. The highest BCUT2D eigenvalue weighted by molar-refractivity contribution is 6.04. The van der Waals surface area contributed by atoms with Gasteiger partial charge in [-0.2, -0.15) is 0 Å². The molecule has 0 aliphatic carbocycles. The van der Waals surface area contributed by atoms with Gasteiger partial charge >= 0.3 is 0 Å². The second-order valence-electron chi connectivity index (χ2n) is 5.44. The molecular weight excluding hydrogens is 284 g/mol. The summed E-state index contributed by atoms with van der Waals surface area (Å²) in [6, 6.07) is 7.55. The number of carbonyl (C=O) groups excluding carboxylic acids is 1. The van der Waals surface area contributed by atoms with E-state index < -0.39 is 6.10 Å². The van der Waals surface area contributed by atoms with E-state index in [2.05, 4.69) is 10.5 Å². The maximum absolute atomic E-state index is 12.1. The average Bonchev–Trinajstić information content (AvgIpc) is 3.24. The number of carbonyl (C=O) groups is 1. The molecule has 2 atom stereocenters. The van der Waals surface area contributed by atoms with E-state index in [1.54, 1.807) is 7.11 Å². The molecule has 22 heavy (non-hydrogen) atoms. The lowest BCUT2D eigenvalue weighted by Gasteiger charge is -2.13. The van der Waals surface area contributed by atoms with Gasteiger partial charge in [0, 0.05) is 19.6 Å². The number of nitrogens with zero attached hydrogens (tertiary/aromatic N) is 1. The molecule has 3 rings (SSSR count). The van der Waals surface area contributed by atoms with E-state index in [1.165, 1.54) is 0 Å². The van der Waals surface area contributed by atoms with Crippen LogP contribution in [0.5, 0.6) is 5.75 Å². The minimum atomic E-state index is -0.557. The summed E-state index contributed by atoms with van der Waals surface area (Å²) >= 11 is 0. The molecule has 1 fully saturated rings. The molecular formula is C16H20N2O4. The van der Waals surface area contributed by atoms with Crippen molar-refractivity contribution in [1.29, 1.82) is 0 Å². The Hall–Kier alpha value is -2.08. The predicted molar refractivity (Wildman–Crippen MR) is 81.0 cm³/mol. The molecule has 1 amide bonds. The Kier molecular flexibility index (Phi) is 4.58. The maximum Gasteiger partial charge on any atom is 0.264 e. The average molecular weight is 304 g/mol. The molecule has 0 saturated carbocycles. The number of amides is 1. The van der Waals surface area contributed by atoms with E-state index in [0.29, 0.717) is 13.0 Å². The minimum absolute atomic E-state index is 0.132. The van der Waals surface area contributed by atoms with Crippen molar-refractivity contribution in [3.63, 3.8) is 0 Å². The number of benzene rings is 1. The first-order valence-corrected chi connectivity index (χ1v) is 7.52. The van der Waals surface area contributed by atoms with E-state index in [1.807, 2.05) is 24.3 Å². The summed E-state index contributed by atoms with van der Waals surface area (Å²) < 4.78 is 10.6. The number of nitrogens with one attached hydrogen (secondary N) is 1. The van der Waals surface area contributed by atoms with Crippen molar-refractivity contribution in [2.75, 3.05) is 20.3 Å². The molecule has 2 heterocycles. The highest BCUT2D eigenvalue weighted by Crippen LogP contribution is 2.19. The number of ether oxygens (including phenoxy) is 2. The number of hydrogen-bond donors (Lipinski definition) is 1. The summed E-state index contributed by atoms with van der Waals surface area (Å²) in [6.07, 6.45) is 2.11. The van der Waals surface area contributed by atoms with Gasteiger partial charge in [-0.3, -0.25) is 4.79 Å². The van der Waals surface area contributed by atoms with Gasteiger partial charge in [-0.25, -0.2) is 0 Å². The molecule has 2 aliphatic heterocycles. The van der Waals surface area contributed by atoms with Crippen molar-refractivity contribution < 1.29 is 19.1 Å². The Morgan fingerprint density at radius 3 is 2.91 bits per heavy atom. The van der Waals surface area contributed by atoms with Gasteiger partial charge in [0.05, 0.1) is 18.9 Å². The van der Waals surface area contributed by atoms with Gasteiger partial charge in [0.1, 0.15) is 5.75 Å². The molecule has 1 aromatic carbocycles. The van der Waals surface area contributed by atoms with Crippen LogP contribution in [-0.2, 0) is 14.4 Å². The molecule has 1 saturated heterocycles. The van der Waals surface area contributed by atoms with Crippen LogP contribution in [-0.4, -0.2) is 44.1 Å². The Labute approximate surface area is 129 Å². The zero-order valence-corrected chi connectivity index (χ0v) is 12.6. The van der Waals surface area contributed by atoms with E-state index in [9.17, 15) is 4.79 Å². The second-order valence-corrected chi connectivity index (χ2v) is 5.44. The summed E-state index contributed by atoms with van der Waals surface area (Å²) in [7, 11) is 1.62. The van der Waals surface area contributed by atoms with Crippen LogP contribution >= 0.6 is 0 Å². The summed E-state index contributed by atoms with van der Waals surface area (Å²) in [6.45, 7) is 1.32. The number of oxime groups is 1. The molecule has 6 nitrogen and oxygen atoms in total. The van der Waals surface area contributed by atoms with Crippen molar-refractivity contribution in [3.8, 4) is 5.75 Å². The zero-order chi connectivity index (χ0) is 15.4. The molecule has 1 N–H and O–H groups in total. The van der Waals surface area contributed by atoms with E-state index in [-0.39, 0.29) is 12.0 Å². The van der Waals surface area contributed by atoms with Crippen molar-refractivity contribution in [2.45, 2.75) is 31.5 Å². The monoisotopic (exact) mass is 304 g/mol. The lowest BCUT2D eigenvalue weighted by atomic mass is 10.0. The summed E-state index contributed by atoms with van der Waals surface area (Å²) in [4.78, 5) is 17.4. The Bertz CT molecular complexity index is 550. The van der Waals surface area contributed by atoms with Crippen molar-refractivity contribution in [3.05, 3.63) is 29.8 Å². The van der Waals surface area contributed by atoms with Crippen molar-refractivity contribution >= 4 is 11.6 Å². The topological polar surface area (TPSA) is 69.2 Å². The van der Waals surface area contributed by atoms with Crippen molar-refractivity contribution in [1.82, 2.24) is 5.32 Å². The first-order valence-electron chi connectivity index (χ1n) is 7.52. The Morgan fingerprint density at radius 1 is 1.41 bits per heavy atom. The number of hydrogen-bond acceptors (Lipinski definition) is 5. The Morgan fingerprint density at radius 2 is 2.23 bits per heavy atom. The molecule has 118 valence electrons. The van der Waals surface area contributed by atoms with Crippen LogP contribution < -0.4 is 10.1 Å². The van der Waals surface area contributed by atoms with Crippen LogP contribution in [0, 0.1) is 0 Å². The van der Waals surface area contributed by atoms with Gasteiger partial charge in [0.25, 0.3) is 5.91 Å². The highest BCUT2D eigenvalue weighted by atomic mass is 16.6. The summed E-state index contributed by atoms with van der Waals surface area (Å²) in [5.74, 6) is 0.650. The fourth-order valence-electron chi connectivity index (χ4n) is 2.61. The second kappa shape index (κ2) is 6.79. The molecule has 2 aliphatic rings. The molecule has 1 aromatic rings. The van der Waals surface area contributed by atoms with Crippen LogP contribution in [0.15, 0.2) is 29.4 Å². The highest BCUT2D eigenvalue weighted by Gasteiger charge is 2.29. The standard InChI is InChI=1S/C16H20N2O4/c1-20-12-6-4-11(5-7-12)14-9-15(22-18-14)16(19)17-10-13-3-2-8-21-13/h4-7,13,15H,2-3,8-10H2,1H3,(H,17,19). The SMILES string of the molecule is COc1ccc(C2=NOC(C(=O)NCC3CCCO3)C2)cc1. The van der Waals surface area contributed by atoms with Gasteiger partial charge < -0.3 is 19.6 Å². The minimum Gasteiger partial charge on any atom is -0.497 e. The molecule has 2 unspecified atom stereocenters. The van der Waals surface area contributed by atoms with E-state index in [4.69, 9.17) is 14.3 Å². The summed E-state index contributed by atoms with van der Waals surface area (Å²) in [5.41, 5.74) is 1.72. The third-order valence-electron chi connectivity index (χ3n) is 3.91. The smallest absolute Gasteiger partial charge is 0.264 e. The number of methoxy groups -OCH3 is 1. The summed E-state index contributed by atoms with van der Waals surface area (Å²) in [5, 5.41) is 6.90. The van der Waals surface area contributed by atoms with Gasteiger partial charge in [0.2, 0.25) is 6.10 Å². The largest absolute Gasteiger partial charge is 0.497 e. The van der Waals surface area contributed by atoms with E-state index in [0.717, 1.165) is 36.5 Å². The first-order chi connectivity index (χ1) is 10.8. The fraction of sp³-hybridized carbons (Fsp3) is 0.500. The van der Waals surface area contributed by atoms with Gasteiger partial charge in [-0.05, 0) is 42.7 Å². The van der Waals surface area contributed by atoms with Crippen LogP contribution in [0.4, 0.5) is 0 Å². The molecule has 0 aromatic heterocycles. The predicted octanol–water partition coefficient (Wildman–Crippen LogP) is 1.48. The normalized spacial score (nSPS) is 23.8. The van der Waals surface area contributed by atoms with Gasteiger partial charge in [0.15, 0.2) is 0 Å². The third-order valence-corrected chi connectivity index (χ3v) is 3.91. The maximum atomic E-state index is 12.1. The first kappa shape index (κ1) is 14.8. The van der Waals surface area contributed by atoms with Gasteiger partial charge in [-0.15, -0.1) is 0 Å². The van der Waals surface area contributed by atoms with Crippen LogP contribution in [0.1, 0.15) is 24.8 Å². The van der Waals surface area contributed by atoms with Crippen molar-refractivity contribution in [2.24, 2.45) is 5.16 Å². The Balaban J connectivity index is 1.50. The zero-order valence-electron chi connectivity index (χ0n) is 12.6. The van der Waals surface area contributed by atoms with E-state index >= 15 is 0 Å². The molecule has 0 radical (unpaired) electrons. The molecule has 0 spiro atoms. The lowest BCUT2D eigenvalue weighted by Crippen LogP contribution is -2.39. The fourth-order valence-corrected chi connectivity index (χ4v) is 2.61. The van der Waals surface area contributed by atoms with Gasteiger partial charge in [-0.1, -0.05) is 5.16 Å². The molecule has 0 bridgehead atoms. The van der Waals surface area contributed by atoms with Crippen LogP contribution in [0.3, 0.4) is 0 Å². The number of rotatable bonds is 5.